The van der Waals surface area contributed by atoms with Gasteiger partial charge in [0, 0.05) is 35.2 Å². The van der Waals surface area contributed by atoms with Gasteiger partial charge in [0.2, 0.25) is 5.88 Å². The van der Waals surface area contributed by atoms with Gasteiger partial charge in [0.05, 0.1) is 5.69 Å². The third kappa shape index (κ3) is 2.79. The number of nitrogens with zero attached hydrogens (tertiary/aromatic N) is 2. The largest absolute Gasteiger partial charge is 0.471 e. The SMILES string of the molecule is CNc1cccc(Br)c1COc1nccnc1C. The molecule has 1 aromatic carbocycles. The van der Waals surface area contributed by atoms with Crippen LogP contribution in [0.1, 0.15) is 11.3 Å². The minimum Gasteiger partial charge on any atom is -0.471 e. The summed E-state index contributed by atoms with van der Waals surface area (Å²) in [6.45, 7) is 2.32. The summed E-state index contributed by atoms with van der Waals surface area (Å²) < 4.78 is 6.71. The molecule has 0 amide bonds. The fourth-order valence-electron chi connectivity index (χ4n) is 1.62. The Kier molecular flexibility index (Phi) is 4.15. The van der Waals surface area contributed by atoms with Crippen LogP contribution < -0.4 is 10.1 Å². The van der Waals surface area contributed by atoms with Gasteiger partial charge in [-0.3, -0.25) is 4.98 Å². The Morgan fingerprint density at radius 2 is 2.06 bits per heavy atom. The van der Waals surface area contributed by atoms with Crippen molar-refractivity contribution in [2.45, 2.75) is 13.5 Å². The van der Waals surface area contributed by atoms with E-state index in [9.17, 15) is 0 Å². The van der Waals surface area contributed by atoms with Gasteiger partial charge in [0.1, 0.15) is 6.61 Å². The number of ether oxygens (including phenoxy) is 1. The van der Waals surface area contributed by atoms with E-state index in [-0.39, 0.29) is 0 Å². The van der Waals surface area contributed by atoms with Gasteiger partial charge in [-0.05, 0) is 19.1 Å². The quantitative estimate of drug-likeness (QED) is 0.942. The lowest BCUT2D eigenvalue weighted by atomic mass is 10.2. The smallest absolute Gasteiger partial charge is 0.235 e. The Hall–Kier alpha value is -1.62. The molecule has 2 rings (SSSR count). The van der Waals surface area contributed by atoms with Crippen molar-refractivity contribution in [2.75, 3.05) is 12.4 Å². The second kappa shape index (κ2) is 5.82. The molecule has 94 valence electrons. The topological polar surface area (TPSA) is 47.0 Å². The molecule has 18 heavy (non-hydrogen) atoms. The molecule has 0 fully saturated rings. The zero-order chi connectivity index (χ0) is 13.0. The summed E-state index contributed by atoms with van der Waals surface area (Å²) in [6.07, 6.45) is 3.28. The molecule has 5 heteroatoms. The first-order chi connectivity index (χ1) is 8.72. The van der Waals surface area contributed by atoms with E-state index in [0.29, 0.717) is 12.5 Å². The van der Waals surface area contributed by atoms with Crippen molar-refractivity contribution >= 4 is 21.6 Å². The minimum atomic E-state index is 0.442. The fourth-order valence-corrected chi connectivity index (χ4v) is 2.10. The summed E-state index contributed by atoms with van der Waals surface area (Å²) in [5.74, 6) is 0.565. The number of hydrogen-bond acceptors (Lipinski definition) is 4. The van der Waals surface area contributed by atoms with E-state index in [1.165, 1.54) is 0 Å². The first kappa shape index (κ1) is 12.8. The van der Waals surface area contributed by atoms with Crippen LogP contribution in [0.5, 0.6) is 5.88 Å². The maximum Gasteiger partial charge on any atom is 0.235 e. The first-order valence-electron chi connectivity index (χ1n) is 5.58. The van der Waals surface area contributed by atoms with E-state index < -0.39 is 0 Å². The second-order valence-electron chi connectivity index (χ2n) is 3.75. The average Bonchev–Trinajstić information content (AvgIpc) is 2.39. The molecule has 1 aromatic heterocycles. The second-order valence-corrected chi connectivity index (χ2v) is 4.61. The Bertz CT molecular complexity index is 546. The molecule has 0 aliphatic carbocycles. The van der Waals surface area contributed by atoms with E-state index in [1.807, 2.05) is 32.2 Å². The Morgan fingerprint density at radius 1 is 1.28 bits per heavy atom. The molecule has 0 saturated carbocycles. The average molecular weight is 308 g/mol. The fraction of sp³-hybridized carbons (Fsp3) is 0.231. The summed E-state index contributed by atoms with van der Waals surface area (Å²) in [7, 11) is 1.89. The molecule has 0 aliphatic rings. The van der Waals surface area contributed by atoms with Crippen molar-refractivity contribution < 1.29 is 4.74 Å². The van der Waals surface area contributed by atoms with Crippen molar-refractivity contribution in [2.24, 2.45) is 0 Å². The number of nitrogens with one attached hydrogen (secondary N) is 1. The molecule has 0 aliphatic heterocycles. The molecule has 1 N–H and O–H groups in total. The maximum absolute atomic E-state index is 5.70. The highest BCUT2D eigenvalue weighted by molar-refractivity contribution is 9.10. The van der Waals surface area contributed by atoms with Gasteiger partial charge >= 0.3 is 0 Å². The molecule has 4 nitrogen and oxygen atoms in total. The van der Waals surface area contributed by atoms with Crippen molar-refractivity contribution in [3.8, 4) is 5.88 Å². The van der Waals surface area contributed by atoms with Crippen LogP contribution in [0.25, 0.3) is 0 Å². The number of benzene rings is 1. The summed E-state index contributed by atoms with van der Waals surface area (Å²) in [6, 6.07) is 5.98. The molecule has 2 aromatic rings. The zero-order valence-corrected chi connectivity index (χ0v) is 11.9. The zero-order valence-electron chi connectivity index (χ0n) is 10.3. The predicted molar refractivity (Wildman–Crippen MR) is 74.8 cm³/mol. The van der Waals surface area contributed by atoms with Gasteiger partial charge in [-0.1, -0.05) is 22.0 Å². The van der Waals surface area contributed by atoms with Crippen LogP contribution in [0.3, 0.4) is 0 Å². The molecule has 0 atom stereocenters. The first-order valence-corrected chi connectivity index (χ1v) is 6.37. The molecule has 0 unspecified atom stereocenters. The summed E-state index contributed by atoms with van der Waals surface area (Å²) in [5, 5.41) is 3.14. The lowest BCUT2D eigenvalue weighted by Crippen LogP contribution is -2.04. The standard InChI is InChI=1S/C13H14BrN3O/c1-9-13(17-7-6-16-9)18-8-10-11(14)4-3-5-12(10)15-2/h3-7,15H,8H2,1-2H3. The maximum atomic E-state index is 5.70. The van der Waals surface area contributed by atoms with E-state index in [2.05, 4.69) is 31.2 Å². The molecule has 0 spiro atoms. The monoisotopic (exact) mass is 307 g/mol. The number of rotatable bonds is 4. The highest BCUT2D eigenvalue weighted by Gasteiger charge is 2.08. The van der Waals surface area contributed by atoms with Crippen LogP contribution in [0.2, 0.25) is 0 Å². The normalized spacial score (nSPS) is 10.2. The van der Waals surface area contributed by atoms with E-state index >= 15 is 0 Å². The number of aromatic nitrogens is 2. The number of halogens is 1. The Morgan fingerprint density at radius 3 is 2.78 bits per heavy atom. The third-order valence-electron chi connectivity index (χ3n) is 2.58. The van der Waals surface area contributed by atoms with Crippen molar-refractivity contribution in [1.29, 1.82) is 0 Å². The highest BCUT2D eigenvalue weighted by atomic mass is 79.9. The van der Waals surface area contributed by atoms with Crippen LogP contribution in [-0.4, -0.2) is 17.0 Å². The molecule has 1 heterocycles. The number of anilines is 1. The van der Waals surface area contributed by atoms with Crippen LogP contribution >= 0.6 is 15.9 Å². The predicted octanol–water partition coefficient (Wildman–Crippen LogP) is 3.17. The van der Waals surface area contributed by atoms with Crippen LogP contribution in [0.4, 0.5) is 5.69 Å². The van der Waals surface area contributed by atoms with Crippen molar-refractivity contribution in [3.63, 3.8) is 0 Å². The summed E-state index contributed by atoms with van der Waals surface area (Å²) in [4.78, 5) is 8.30. The van der Waals surface area contributed by atoms with E-state index in [0.717, 1.165) is 21.4 Å². The van der Waals surface area contributed by atoms with Crippen molar-refractivity contribution in [1.82, 2.24) is 9.97 Å². The van der Waals surface area contributed by atoms with E-state index in [1.54, 1.807) is 12.4 Å². The Balaban J connectivity index is 2.18. The van der Waals surface area contributed by atoms with Crippen molar-refractivity contribution in [3.05, 3.63) is 46.3 Å². The number of aryl methyl sites for hydroxylation is 1. The number of hydrogen-bond donors (Lipinski definition) is 1. The van der Waals surface area contributed by atoms with Gasteiger partial charge < -0.3 is 10.1 Å². The van der Waals surface area contributed by atoms with Gasteiger partial charge in [-0.2, -0.15) is 0 Å². The lowest BCUT2D eigenvalue weighted by molar-refractivity contribution is 0.289. The minimum absolute atomic E-state index is 0.442. The van der Waals surface area contributed by atoms with Gasteiger partial charge in [0.25, 0.3) is 0 Å². The third-order valence-corrected chi connectivity index (χ3v) is 3.32. The molecule has 0 bridgehead atoms. The molecular weight excluding hydrogens is 294 g/mol. The van der Waals surface area contributed by atoms with Crippen LogP contribution in [0, 0.1) is 6.92 Å². The van der Waals surface area contributed by atoms with Gasteiger partial charge in [-0.25, -0.2) is 4.98 Å². The van der Waals surface area contributed by atoms with Gasteiger partial charge in [-0.15, -0.1) is 0 Å². The molecule has 0 saturated heterocycles. The van der Waals surface area contributed by atoms with E-state index in [4.69, 9.17) is 4.74 Å². The molecule has 0 radical (unpaired) electrons. The molecular formula is C13H14BrN3O. The summed E-state index contributed by atoms with van der Waals surface area (Å²) in [5.41, 5.74) is 2.88. The Labute approximate surface area is 115 Å². The highest BCUT2D eigenvalue weighted by Crippen LogP contribution is 2.26. The lowest BCUT2D eigenvalue weighted by Gasteiger charge is -2.12. The van der Waals surface area contributed by atoms with Crippen LogP contribution in [0.15, 0.2) is 35.1 Å². The summed E-state index contributed by atoms with van der Waals surface area (Å²) >= 11 is 3.52. The van der Waals surface area contributed by atoms with Crippen LogP contribution in [-0.2, 0) is 6.61 Å². The van der Waals surface area contributed by atoms with Gasteiger partial charge in [0.15, 0.2) is 0 Å².